The molecule has 7 nitrogen and oxygen atoms in total. The van der Waals surface area contributed by atoms with Gasteiger partial charge in [0.25, 0.3) is 0 Å². The van der Waals surface area contributed by atoms with Gasteiger partial charge in [0.15, 0.2) is 0 Å². The molecule has 0 fully saturated rings. The van der Waals surface area contributed by atoms with Crippen molar-refractivity contribution in [3.63, 3.8) is 0 Å². The van der Waals surface area contributed by atoms with E-state index in [0.717, 1.165) is 0 Å². The number of carboxylic acid groups (broad SMARTS) is 3. The Bertz CT molecular complexity index is 254. The number of hydrogen-bond donors (Lipinski definition) is 3. The lowest BCUT2D eigenvalue weighted by Gasteiger charge is -1.96. The number of Topliss-reactive ketones (excluding diaryl/α,β-unsaturated/α-hetero) is 1. The first-order valence-corrected chi connectivity index (χ1v) is 4.35. The smallest absolute Gasteiger partial charge is 0.313 e. The molecular weight excluding hydrogens is 220 g/mol. The Morgan fingerprint density at radius 3 is 1.31 bits per heavy atom. The fraction of sp³-hybridized carbons (Fsp3) is 0.556. The molecule has 3 N–H and O–H groups in total. The van der Waals surface area contributed by atoms with E-state index in [0.29, 0.717) is 0 Å². The van der Waals surface area contributed by atoms with Gasteiger partial charge in [0.2, 0.25) is 0 Å². The molecule has 0 aromatic carbocycles. The number of carboxylic acids is 3. The normalized spacial score (nSPS) is 10.6. The third-order valence-corrected chi connectivity index (χ3v) is 1.53. The SMILES string of the molecule is CC(=O)C(C)C(=O)O.O=C(O)CCC(=O)O. The van der Waals surface area contributed by atoms with E-state index in [-0.39, 0.29) is 18.6 Å². The Labute approximate surface area is 91.7 Å². The molecule has 1 atom stereocenters. The first kappa shape index (κ1) is 16.5. The van der Waals surface area contributed by atoms with Gasteiger partial charge in [0, 0.05) is 0 Å². The summed E-state index contributed by atoms with van der Waals surface area (Å²) in [5.41, 5.74) is 0. The van der Waals surface area contributed by atoms with E-state index in [1.54, 1.807) is 0 Å². The Hall–Kier alpha value is -1.92. The average Bonchev–Trinajstić information content (AvgIpc) is 2.14. The number of ketones is 1. The van der Waals surface area contributed by atoms with Gasteiger partial charge in [-0.05, 0) is 13.8 Å². The van der Waals surface area contributed by atoms with Crippen molar-refractivity contribution in [1.29, 1.82) is 0 Å². The molecule has 0 aliphatic rings. The van der Waals surface area contributed by atoms with Crippen LogP contribution in [0.4, 0.5) is 0 Å². The van der Waals surface area contributed by atoms with E-state index in [9.17, 15) is 19.2 Å². The Balaban J connectivity index is 0. The summed E-state index contributed by atoms with van der Waals surface area (Å²) >= 11 is 0. The summed E-state index contributed by atoms with van der Waals surface area (Å²) in [5.74, 6) is -4.37. The van der Waals surface area contributed by atoms with E-state index >= 15 is 0 Å². The van der Waals surface area contributed by atoms with Crippen LogP contribution in [0.3, 0.4) is 0 Å². The largest absolute Gasteiger partial charge is 0.481 e. The molecule has 0 rings (SSSR count). The number of aliphatic carboxylic acids is 3. The van der Waals surface area contributed by atoms with Gasteiger partial charge >= 0.3 is 17.9 Å². The molecule has 92 valence electrons. The molecule has 0 saturated heterocycles. The van der Waals surface area contributed by atoms with Crippen LogP contribution in [0.15, 0.2) is 0 Å². The molecule has 16 heavy (non-hydrogen) atoms. The molecule has 0 aliphatic heterocycles. The van der Waals surface area contributed by atoms with Gasteiger partial charge in [-0.3, -0.25) is 19.2 Å². The van der Waals surface area contributed by atoms with Crippen molar-refractivity contribution in [2.45, 2.75) is 26.7 Å². The summed E-state index contributed by atoms with van der Waals surface area (Å²) in [7, 11) is 0. The molecule has 7 heteroatoms. The molecule has 0 aromatic heterocycles. The third-order valence-electron chi connectivity index (χ3n) is 1.53. The van der Waals surface area contributed by atoms with Gasteiger partial charge in [-0.25, -0.2) is 0 Å². The van der Waals surface area contributed by atoms with Crippen LogP contribution in [0.5, 0.6) is 0 Å². The maximum Gasteiger partial charge on any atom is 0.313 e. The van der Waals surface area contributed by atoms with Crippen molar-refractivity contribution in [2.24, 2.45) is 5.92 Å². The second kappa shape index (κ2) is 8.39. The van der Waals surface area contributed by atoms with Crippen LogP contribution in [0.2, 0.25) is 0 Å². The lowest BCUT2D eigenvalue weighted by molar-refractivity contribution is -0.145. The second-order valence-electron chi connectivity index (χ2n) is 2.96. The summed E-state index contributed by atoms with van der Waals surface area (Å²) in [5, 5.41) is 23.9. The molecule has 1 unspecified atom stereocenters. The highest BCUT2D eigenvalue weighted by atomic mass is 16.4. The monoisotopic (exact) mass is 234 g/mol. The minimum absolute atomic E-state index is 0.296. The van der Waals surface area contributed by atoms with Gasteiger partial charge in [-0.15, -0.1) is 0 Å². The predicted molar refractivity (Wildman–Crippen MR) is 52.0 cm³/mol. The van der Waals surface area contributed by atoms with Crippen LogP contribution >= 0.6 is 0 Å². The Kier molecular flexibility index (Phi) is 8.66. The first-order valence-electron chi connectivity index (χ1n) is 4.35. The lowest BCUT2D eigenvalue weighted by Crippen LogP contribution is -2.16. The third kappa shape index (κ3) is 12.1. The highest BCUT2D eigenvalue weighted by Crippen LogP contribution is 1.93. The van der Waals surface area contributed by atoms with Crippen LogP contribution in [-0.2, 0) is 19.2 Å². The van der Waals surface area contributed by atoms with Gasteiger partial charge in [-0.1, -0.05) is 0 Å². The highest BCUT2D eigenvalue weighted by Gasteiger charge is 2.14. The Morgan fingerprint density at radius 2 is 1.25 bits per heavy atom. The van der Waals surface area contributed by atoms with Gasteiger partial charge in [-0.2, -0.15) is 0 Å². The van der Waals surface area contributed by atoms with Crippen molar-refractivity contribution < 1.29 is 34.5 Å². The summed E-state index contributed by atoms with van der Waals surface area (Å²) < 4.78 is 0. The molecular formula is C9H14O7. The van der Waals surface area contributed by atoms with Crippen LogP contribution in [0, 0.1) is 5.92 Å². The van der Waals surface area contributed by atoms with E-state index in [4.69, 9.17) is 15.3 Å². The lowest BCUT2D eigenvalue weighted by atomic mass is 10.1. The molecule has 0 amide bonds. The van der Waals surface area contributed by atoms with Crippen molar-refractivity contribution >= 4 is 23.7 Å². The van der Waals surface area contributed by atoms with Crippen LogP contribution in [0.1, 0.15) is 26.7 Å². The number of carbonyl (C=O) groups excluding carboxylic acids is 1. The number of carbonyl (C=O) groups is 4. The van der Waals surface area contributed by atoms with E-state index in [1.807, 2.05) is 0 Å². The van der Waals surface area contributed by atoms with Crippen LogP contribution in [0.25, 0.3) is 0 Å². The van der Waals surface area contributed by atoms with Gasteiger partial charge < -0.3 is 15.3 Å². The molecule has 0 aliphatic carbocycles. The maximum atomic E-state index is 10.2. The average molecular weight is 234 g/mol. The zero-order valence-electron chi connectivity index (χ0n) is 8.97. The fourth-order valence-electron chi connectivity index (χ4n) is 0.388. The van der Waals surface area contributed by atoms with Crippen molar-refractivity contribution in [2.75, 3.05) is 0 Å². The van der Waals surface area contributed by atoms with Crippen LogP contribution < -0.4 is 0 Å². The first-order chi connectivity index (χ1) is 7.18. The molecule has 0 spiro atoms. The summed E-state index contributed by atoms with van der Waals surface area (Å²) in [6.07, 6.45) is -0.593. The quantitative estimate of drug-likeness (QED) is 0.580. The van der Waals surface area contributed by atoms with Crippen molar-refractivity contribution in [1.82, 2.24) is 0 Å². The number of rotatable bonds is 5. The summed E-state index contributed by atoms with van der Waals surface area (Å²) in [6, 6.07) is 0. The van der Waals surface area contributed by atoms with E-state index < -0.39 is 23.8 Å². The minimum atomic E-state index is -1.08. The predicted octanol–water partition coefficient (Wildman–Crippen LogP) is 0.232. The van der Waals surface area contributed by atoms with Crippen molar-refractivity contribution in [3.05, 3.63) is 0 Å². The molecule has 0 aromatic rings. The second-order valence-corrected chi connectivity index (χ2v) is 2.96. The fourth-order valence-corrected chi connectivity index (χ4v) is 0.388. The van der Waals surface area contributed by atoms with Crippen LogP contribution in [-0.4, -0.2) is 39.0 Å². The maximum absolute atomic E-state index is 10.2. The zero-order chi connectivity index (χ0) is 13.3. The number of hydrogen-bond acceptors (Lipinski definition) is 4. The molecule has 0 heterocycles. The van der Waals surface area contributed by atoms with Gasteiger partial charge in [0.05, 0.1) is 12.8 Å². The standard InChI is InChI=1S/C5H8O3.C4H6O4/c1-3(4(2)6)5(7)8;5-3(6)1-2-4(7)8/h3H,1-2H3,(H,7,8);1-2H2,(H,5,6)(H,7,8). The molecule has 0 bridgehead atoms. The minimum Gasteiger partial charge on any atom is -0.481 e. The van der Waals surface area contributed by atoms with Gasteiger partial charge in [0.1, 0.15) is 11.7 Å². The summed E-state index contributed by atoms with van der Waals surface area (Å²) in [4.78, 5) is 39.4. The van der Waals surface area contributed by atoms with Crippen molar-refractivity contribution in [3.8, 4) is 0 Å². The molecule has 0 radical (unpaired) electrons. The molecule has 0 saturated carbocycles. The highest BCUT2D eigenvalue weighted by molar-refractivity contribution is 5.96. The topological polar surface area (TPSA) is 129 Å². The van der Waals surface area contributed by atoms with E-state index in [1.165, 1.54) is 13.8 Å². The van der Waals surface area contributed by atoms with E-state index in [2.05, 4.69) is 0 Å². The summed E-state index contributed by atoms with van der Waals surface area (Å²) in [6.45, 7) is 2.63. The zero-order valence-corrected chi connectivity index (χ0v) is 8.97. The Morgan fingerprint density at radius 1 is 0.938 bits per heavy atom.